The molecule has 0 spiro atoms. The summed E-state index contributed by atoms with van der Waals surface area (Å²) in [6, 6.07) is 4.89. The molecule has 0 aliphatic heterocycles. The van der Waals surface area contributed by atoms with E-state index in [1.54, 1.807) is 18.2 Å². The van der Waals surface area contributed by atoms with E-state index in [2.05, 4.69) is 4.98 Å². The summed E-state index contributed by atoms with van der Waals surface area (Å²) >= 11 is 17.9. The van der Waals surface area contributed by atoms with E-state index in [0.29, 0.717) is 37.6 Å². The van der Waals surface area contributed by atoms with Crippen LogP contribution >= 0.6 is 34.8 Å². The van der Waals surface area contributed by atoms with Gasteiger partial charge in [-0.3, -0.25) is 0 Å². The second-order valence-corrected chi connectivity index (χ2v) is 4.90. The molecular formula is C12H9Cl3N2O. The molecule has 0 saturated heterocycles. The van der Waals surface area contributed by atoms with E-state index in [9.17, 15) is 0 Å². The minimum Gasteiger partial charge on any atom is -0.392 e. The molecule has 2 aromatic rings. The summed E-state index contributed by atoms with van der Waals surface area (Å²) < 4.78 is 0. The molecule has 1 aromatic heterocycles. The Kier molecular flexibility index (Phi) is 3.97. The Morgan fingerprint density at radius 1 is 1.00 bits per heavy atom. The van der Waals surface area contributed by atoms with Gasteiger partial charge in [0, 0.05) is 17.3 Å². The van der Waals surface area contributed by atoms with Gasteiger partial charge in [0.05, 0.1) is 21.7 Å². The van der Waals surface area contributed by atoms with Gasteiger partial charge in [0.1, 0.15) is 5.82 Å². The van der Waals surface area contributed by atoms with E-state index in [-0.39, 0.29) is 6.61 Å². The number of aliphatic hydroxyl groups excluding tert-OH is 1. The van der Waals surface area contributed by atoms with Gasteiger partial charge in [-0.1, -0.05) is 34.8 Å². The zero-order valence-corrected chi connectivity index (χ0v) is 11.4. The number of halogens is 3. The number of pyridine rings is 1. The molecule has 18 heavy (non-hydrogen) atoms. The van der Waals surface area contributed by atoms with Crippen LogP contribution in [0.1, 0.15) is 5.56 Å². The van der Waals surface area contributed by atoms with Crippen molar-refractivity contribution in [3.05, 3.63) is 45.0 Å². The molecular weight excluding hydrogens is 295 g/mol. The van der Waals surface area contributed by atoms with Crippen LogP contribution in [-0.4, -0.2) is 10.1 Å². The van der Waals surface area contributed by atoms with Gasteiger partial charge in [-0.2, -0.15) is 0 Å². The molecule has 0 aliphatic rings. The van der Waals surface area contributed by atoms with Crippen LogP contribution in [0.25, 0.3) is 11.1 Å². The maximum atomic E-state index is 9.11. The molecule has 1 heterocycles. The summed E-state index contributed by atoms with van der Waals surface area (Å²) in [5.41, 5.74) is 7.69. The number of nitrogens with zero attached hydrogens (tertiary/aromatic N) is 1. The van der Waals surface area contributed by atoms with Gasteiger partial charge in [0.15, 0.2) is 0 Å². The molecule has 0 aliphatic carbocycles. The summed E-state index contributed by atoms with van der Waals surface area (Å²) in [6.07, 6.45) is 1.50. The molecule has 0 amide bonds. The fourth-order valence-electron chi connectivity index (χ4n) is 1.55. The second kappa shape index (κ2) is 5.33. The Balaban J connectivity index is 2.64. The van der Waals surface area contributed by atoms with Gasteiger partial charge in [0.25, 0.3) is 0 Å². The van der Waals surface area contributed by atoms with Gasteiger partial charge in [-0.15, -0.1) is 0 Å². The van der Waals surface area contributed by atoms with E-state index in [0.717, 1.165) is 0 Å². The van der Waals surface area contributed by atoms with Crippen molar-refractivity contribution in [2.24, 2.45) is 0 Å². The monoisotopic (exact) mass is 302 g/mol. The predicted molar refractivity (Wildman–Crippen MR) is 75.0 cm³/mol. The highest BCUT2D eigenvalue weighted by Crippen LogP contribution is 2.37. The first kappa shape index (κ1) is 13.4. The third kappa shape index (κ3) is 2.54. The predicted octanol–water partition coefficient (Wildman–Crippen LogP) is 3.78. The zero-order valence-electron chi connectivity index (χ0n) is 9.12. The maximum Gasteiger partial charge on any atom is 0.131 e. The number of nitrogens with two attached hydrogens (primary N) is 1. The number of nitrogen functional groups attached to an aromatic ring is 1. The zero-order chi connectivity index (χ0) is 13.3. The van der Waals surface area contributed by atoms with Crippen LogP contribution in [0, 0.1) is 0 Å². The normalized spacial score (nSPS) is 10.7. The summed E-state index contributed by atoms with van der Waals surface area (Å²) in [6.45, 7) is -0.126. The highest BCUT2D eigenvalue weighted by atomic mass is 35.5. The van der Waals surface area contributed by atoms with Crippen molar-refractivity contribution in [3.8, 4) is 11.1 Å². The number of hydrogen-bond acceptors (Lipinski definition) is 3. The van der Waals surface area contributed by atoms with Gasteiger partial charge in [-0.05, 0) is 23.8 Å². The van der Waals surface area contributed by atoms with E-state index in [1.165, 1.54) is 6.20 Å². The van der Waals surface area contributed by atoms with E-state index in [4.69, 9.17) is 45.6 Å². The number of aliphatic hydroxyl groups is 1. The van der Waals surface area contributed by atoms with Gasteiger partial charge >= 0.3 is 0 Å². The van der Waals surface area contributed by atoms with E-state index >= 15 is 0 Å². The van der Waals surface area contributed by atoms with E-state index in [1.807, 2.05) is 0 Å². The Morgan fingerprint density at radius 3 is 2.33 bits per heavy atom. The molecule has 2 rings (SSSR count). The van der Waals surface area contributed by atoms with Crippen molar-refractivity contribution in [2.45, 2.75) is 6.61 Å². The average Bonchev–Trinajstić information content (AvgIpc) is 2.35. The highest BCUT2D eigenvalue weighted by Gasteiger charge is 2.12. The smallest absolute Gasteiger partial charge is 0.131 e. The molecule has 0 bridgehead atoms. The molecule has 6 heteroatoms. The molecule has 1 aromatic carbocycles. The first-order chi connectivity index (χ1) is 8.52. The fourth-order valence-corrected chi connectivity index (χ4v) is 2.20. The van der Waals surface area contributed by atoms with Crippen molar-refractivity contribution in [1.29, 1.82) is 0 Å². The third-order valence-corrected chi connectivity index (χ3v) is 3.49. The molecule has 3 N–H and O–H groups in total. The molecule has 0 fully saturated rings. The van der Waals surface area contributed by atoms with E-state index < -0.39 is 0 Å². The second-order valence-electron chi connectivity index (χ2n) is 3.68. The number of benzene rings is 1. The van der Waals surface area contributed by atoms with Crippen LogP contribution in [0.5, 0.6) is 0 Å². The Hall–Kier alpha value is -1.000. The highest BCUT2D eigenvalue weighted by molar-refractivity contribution is 6.44. The van der Waals surface area contributed by atoms with Crippen LogP contribution in [0.15, 0.2) is 24.4 Å². The van der Waals surface area contributed by atoms with Gasteiger partial charge in [-0.25, -0.2) is 4.98 Å². The molecule has 0 saturated carbocycles. The lowest BCUT2D eigenvalue weighted by Crippen LogP contribution is -1.97. The van der Waals surface area contributed by atoms with Gasteiger partial charge < -0.3 is 10.8 Å². The van der Waals surface area contributed by atoms with Crippen molar-refractivity contribution in [1.82, 2.24) is 4.98 Å². The summed E-state index contributed by atoms with van der Waals surface area (Å²) in [7, 11) is 0. The number of aromatic nitrogens is 1. The van der Waals surface area contributed by atoms with Gasteiger partial charge in [0.2, 0.25) is 0 Å². The first-order valence-corrected chi connectivity index (χ1v) is 6.16. The largest absolute Gasteiger partial charge is 0.392 e. The quantitative estimate of drug-likeness (QED) is 0.830. The SMILES string of the molecule is Nc1ncc(CO)cc1-c1cc(Cl)c(Cl)cc1Cl. The lowest BCUT2D eigenvalue weighted by molar-refractivity contribution is 0.281. The van der Waals surface area contributed by atoms with Crippen LogP contribution < -0.4 is 5.73 Å². The molecule has 0 atom stereocenters. The number of anilines is 1. The van der Waals surface area contributed by atoms with Crippen molar-refractivity contribution in [2.75, 3.05) is 5.73 Å². The van der Waals surface area contributed by atoms with Crippen molar-refractivity contribution < 1.29 is 5.11 Å². The summed E-state index contributed by atoms with van der Waals surface area (Å²) in [4.78, 5) is 4.00. The Bertz CT molecular complexity index is 602. The van der Waals surface area contributed by atoms with Crippen molar-refractivity contribution in [3.63, 3.8) is 0 Å². The lowest BCUT2D eigenvalue weighted by atomic mass is 10.0. The first-order valence-electron chi connectivity index (χ1n) is 5.03. The molecule has 0 radical (unpaired) electrons. The molecule has 0 unspecified atom stereocenters. The van der Waals surface area contributed by atoms with Crippen LogP contribution in [0.4, 0.5) is 5.82 Å². The van der Waals surface area contributed by atoms with Crippen LogP contribution in [0.2, 0.25) is 15.1 Å². The lowest BCUT2D eigenvalue weighted by Gasteiger charge is -2.10. The summed E-state index contributed by atoms with van der Waals surface area (Å²) in [5.74, 6) is 0.312. The Morgan fingerprint density at radius 2 is 1.67 bits per heavy atom. The number of rotatable bonds is 2. The topological polar surface area (TPSA) is 59.1 Å². The molecule has 3 nitrogen and oxygen atoms in total. The minimum absolute atomic E-state index is 0.126. The van der Waals surface area contributed by atoms with Crippen LogP contribution in [-0.2, 0) is 6.61 Å². The minimum atomic E-state index is -0.126. The number of hydrogen-bond donors (Lipinski definition) is 2. The third-order valence-electron chi connectivity index (χ3n) is 2.46. The van der Waals surface area contributed by atoms with Crippen LogP contribution in [0.3, 0.4) is 0 Å². The fraction of sp³-hybridized carbons (Fsp3) is 0.0833. The van der Waals surface area contributed by atoms with Crippen molar-refractivity contribution >= 4 is 40.6 Å². The standard InChI is InChI=1S/C12H9Cl3N2O/c13-9-3-11(15)10(14)2-7(9)8-1-6(5-18)4-17-12(8)16/h1-4,18H,5H2,(H2,16,17). The average molecular weight is 304 g/mol. The molecule has 94 valence electrons. The summed E-state index contributed by atoms with van der Waals surface area (Å²) in [5, 5.41) is 10.3. The maximum absolute atomic E-state index is 9.11. The Labute approximate surface area is 119 Å².